The largest absolute Gasteiger partial charge is 0.0625 e. The molecule has 1 rings (SSSR count). The Bertz CT molecular complexity index is 49.1. The van der Waals surface area contributed by atoms with Crippen molar-refractivity contribution >= 4 is 0 Å². The first-order valence-electron chi connectivity index (χ1n) is 3.29. The molecule has 0 nitrogen and oxygen atoms in total. The van der Waals surface area contributed by atoms with E-state index < -0.39 is 0 Å². The summed E-state index contributed by atoms with van der Waals surface area (Å²) in [6, 6.07) is 0. The maximum atomic E-state index is 2.35. The van der Waals surface area contributed by atoms with Gasteiger partial charge in [0, 0.05) is 0 Å². The maximum absolute atomic E-state index is 2.35. The zero-order chi connectivity index (χ0) is 5.28. The SMILES string of the molecule is C[C@@H]1CC[C@@H](C)C1. The highest BCUT2D eigenvalue weighted by Gasteiger charge is 2.15. The fraction of sp³-hybridized carbons (Fsp3) is 1.00. The van der Waals surface area contributed by atoms with Crippen molar-refractivity contribution in [3.05, 3.63) is 0 Å². The Morgan fingerprint density at radius 3 is 1.57 bits per heavy atom. The van der Waals surface area contributed by atoms with E-state index in [1.54, 1.807) is 0 Å². The molecular weight excluding hydrogens is 84.1 g/mol. The molecule has 42 valence electrons. The van der Waals surface area contributed by atoms with Gasteiger partial charge in [-0.25, -0.2) is 0 Å². The third-order valence-corrected chi connectivity index (χ3v) is 1.96. The fourth-order valence-corrected chi connectivity index (χ4v) is 1.49. The molecule has 1 fully saturated rings. The molecule has 0 N–H and O–H groups in total. The second-order valence-electron chi connectivity index (χ2n) is 3.02. The minimum absolute atomic E-state index is 1.02. The van der Waals surface area contributed by atoms with Gasteiger partial charge in [0.15, 0.2) is 0 Å². The van der Waals surface area contributed by atoms with E-state index in [2.05, 4.69) is 13.8 Å². The van der Waals surface area contributed by atoms with Crippen LogP contribution in [0.15, 0.2) is 0 Å². The minimum Gasteiger partial charge on any atom is -0.0625 e. The summed E-state index contributed by atoms with van der Waals surface area (Å²) >= 11 is 0. The number of hydrogen-bond acceptors (Lipinski definition) is 0. The zero-order valence-corrected chi connectivity index (χ0v) is 5.28. The molecule has 2 atom stereocenters. The smallest absolute Gasteiger partial charge is 0.0440 e. The summed E-state index contributed by atoms with van der Waals surface area (Å²) in [5, 5.41) is 0. The van der Waals surface area contributed by atoms with Crippen LogP contribution >= 0.6 is 0 Å². The summed E-state index contributed by atoms with van der Waals surface area (Å²) in [5.74, 6) is 2.05. The Balaban J connectivity index is 2.26. The topological polar surface area (TPSA) is 0 Å². The monoisotopic (exact) mass is 98.1 g/mol. The highest BCUT2D eigenvalue weighted by atomic mass is 14.2. The van der Waals surface area contributed by atoms with Gasteiger partial charge in [-0.2, -0.15) is 0 Å². The lowest BCUT2D eigenvalue weighted by molar-refractivity contribution is 0.555. The van der Waals surface area contributed by atoms with Crippen molar-refractivity contribution in [2.24, 2.45) is 11.8 Å². The van der Waals surface area contributed by atoms with Crippen LogP contribution in [0, 0.1) is 11.8 Å². The van der Waals surface area contributed by atoms with E-state index in [4.69, 9.17) is 0 Å². The van der Waals surface area contributed by atoms with Gasteiger partial charge in [-0.05, 0) is 18.3 Å². The van der Waals surface area contributed by atoms with Crippen molar-refractivity contribution < 1.29 is 0 Å². The first-order valence-corrected chi connectivity index (χ1v) is 3.29. The predicted octanol–water partition coefficient (Wildman–Crippen LogP) is 2.44. The molecule has 0 heteroatoms. The normalized spacial score (nSPS) is 42.0. The molecule has 0 heterocycles. The molecule has 0 amide bonds. The molecule has 0 aromatic rings. The first-order chi connectivity index (χ1) is 3.29. The average Bonchev–Trinajstić information content (AvgIpc) is 1.87. The lowest BCUT2D eigenvalue weighted by Gasteiger charge is -1.96. The Kier molecular flexibility index (Phi) is 1.36. The first kappa shape index (κ1) is 5.14. The summed E-state index contributed by atoms with van der Waals surface area (Å²) in [6.45, 7) is 4.70. The standard InChI is InChI=1S/C7H14/c1-6-3-4-7(2)5-6/h6-7H,3-5H2,1-2H3/t6-,7-/m1/s1. The molecule has 7 heavy (non-hydrogen) atoms. The van der Waals surface area contributed by atoms with Gasteiger partial charge in [0.1, 0.15) is 0 Å². The van der Waals surface area contributed by atoms with Crippen LogP contribution in [0.5, 0.6) is 0 Å². The Hall–Kier alpha value is 0. The lowest BCUT2D eigenvalue weighted by Crippen LogP contribution is -1.84. The van der Waals surface area contributed by atoms with Crippen LogP contribution in [0.2, 0.25) is 0 Å². The molecule has 1 saturated carbocycles. The molecule has 0 radical (unpaired) electrons. The summed E-state index contributed by atoms with van der Waals surface area (Å²) in [4.78, 5) is 0. The second kappa shape index (κ2) is 1.85. The van der Waals surface area contributed by atoms with Crippen LogP contribution in [0.25, 0.3) is 0 Å². The molecule has 0 aliphatic heterocycles. The van der Waals surface area contributed by atoms with Gasteiger partial charge in [-0.1, -0.05) is 26.7 Å². The Labute approximate surface area is 45.9 Å². The minimum atomic E-state index is 1.02. The zero-order valence-electron chi connectivity index (χ0n) is 5.28. The van der Waals surface area contributed by atoms with Gasteiger partial charge in [0.05, 0.1) is 0 Å². The predicted molar refractivity (Wildman–Crippen MR) is 32.2 cm³/mol. The number of rotatable bonds is 0. The van der Waals surface area contributed by atoms with Crippen LogP contribution in [0.3, 0.4) is 0 Å². The maximum Gasteiger partial charge on any atom is -0.0440 e. The van der Waals surface area contributed by atoms with Crippen molar-refractivity contribution in [3.63, 3.8) is 0 Å². The van der Waals surface area contributed by atoms with Crippen molar-refractivity contribution in [3.8, 4) is 0 Å². The van der Waals surface area contributed by atoms with Crippen molar-refractivity contribution in [2.45, 2.75) is 33.1 Å². The molecule has 0 spiro atoms. The molecule has 0 aromatic heterocycles. The molecule has 0 bridgehead atoms. The van der Waals surface area contributed by atoms with Crippen LogP contribution in [-0.2, 0) is 0 Å². The van der Waals surface area contributed by atoms with E-state index in [0.29, 0.717) is 0 Å². The van der Waals surface area contributed by atoms with Crippen LogP contribution in [0.1, 0.15) is 33.1 Å². The van der Waals surface area contributed by atoms with E-state index >= 15 is 0 Å². The van der Waals surface area contributed by atoms with Crippen molar-refractivity contribution in [1.29, 1.82) is 0 Å². The summed E-state index contributed by atoms with van der Waals surface area (Å²) in [5.41, 5.74) is 0. The molecule has 1 aliphatic carbocycles. The van der Waals surface area contributed by atoms with Gasteiger partial charge < -0.3 is 0 Å². The summed E-state index contributed by atoms with van der Waals surface area (Å²) in [6.07, 6.45) is 4.42. The highest BCUT2D eigenvalue weighted by Crippen LogP contribution is 2.29. The van der Waals surface area contributed by atoms with Crippen molar-refractivity contribution in [1.82, 2.24) is 0 Å². The lowest BCUT2D eigenvalue weighted by atomic mass is 10.1. The van der Waals surface area contributed by atoms with Gasteiger partial charge in [-0.15, -0.1) is 0 Å². The van der Waals surface area contributed by atoms with E-state index in [1.807, 2.05) is 0 Å². The average molecular weight is 98.2 g/mol. The van der Waals surface area contributed by atoms with Crippen LogP contribution < -0.4 is 0 Å². The molecule has 0 aromatic carbocycles. The summed E-state index contributed by atoms with van der Waals surface area (Å²) < 4.78 is 0. The number of hydrogen-bond donors (Lipinski definition) is 0. The van der Waals surface area contributed by atoms with Gasteiger partial charge in [-0.3, -0.25) is 0 Å². The summed E-state index contributed by atoms with van der Waals surface area (Å²) in [7, 11) is 0. The molecule has 1 aliphatic rings. The van der Waals surface area contributed by atoms with Gasteiger partial charge >= 0.3 is 0 Å². The second-order valence-corrected chi connectivity index (χ2v) is 3.02. The molecule has 0 unspecified atom stereocenters. The third-order valence-electron chi connectivity index (χ3n) is 1.96. The Morgan fingerprint density at radius 2 is 1.43 bits per heavy atom. The van der Waals surface area contributed by atoms with E-state index in [-0.39, 0.29) is 0 Å². The molecular formula is C7H14. The van der Waals surface area contributed by atoms with Crippen molar-refractivity contribution in [2.75, 3.05) is 0 Å². The van der Waals surface area contributed by atoms with Gasteiger partial charge in [0.2, 0.25) is 0 Å². The fourth-order valence-electron chi connectivity index (χ4n) is 1.49. The van der Waals surface area contributed by atoms with E-state index in [0.717, 1.165) is 11.8 Å². The third kappa shape index (κ3) is 1.19. The van der Waals surface area contributed by atoms with Crippen LogP contribution in [0.4, 0.5) is 0 Å². The molecule has 0 saturated heterocycles. The highest BCUT2D eigenvalue weighted by molar-refractivity contribution is 4.68. The van der Waals surface area contributed by atoms with E-state index in [9.17, 15) is 0 Å². The Morgan fingerprint density at radius 1 is 1.00 bits per heavy atom. The van der Waals surface area contributed by atoms with E-state index in [1.165, 1.54) is 19.3 Å². The quantitative estimate of drug-likeness (QED) is 0.436. The van der Waals surface area contributed by atoms with Gasteiger partial charge in [0.25, 0.3) is 0 Å². The van der Waals surface area contributed by atoms with Crippen LogP contribution in [-0.4, -0.2) is 0 Å².